The lowest BCUT2D eigenvalue weighted by Gasteiger charge is -2.19. The van der Waals surface area contributed by atoms with Crippen LogP contribution in [0, 0.1) is 0 Å². The highest BCUT2D eigenvalue weighted by atomic mass is 35.5. The zero-order valence-electron chi connectivity index (χ0n) is 15.3. The minimum absolute atomic E-state index is 0.0845. The number of aromatic nitrogens is 1. The van der Waals surface area contributed by atoms with Gasteiger partial charge in [-0.15, -0.1) is 0 Å². The highest BCUT2D eigenvalue weighted by molar-refractivity contribution is 6.36. The molecule has 4 rings (SSSR count). The Hall–Kier alpha value is -3.84. The molecule has 1 amide bonds. The number of pyridine rings is 1. The van der Waals surface area contributed by atoms with Crippen molar-refractivity contribution in [2.45, 2.75) is 0 Å². The predicted octanol–water partition coefficient (Wildman–Crippen LogP) is 3.31. The molecule has 1 aliphatic rings. The summed E-state index contributed by atoms with van der Waals surface area (Å²) in [5.41, 5.74) is 1.26. The first-order chi connectivity index (χ1) is 14.5. The standard InChI is InChI=1S/C22H13ClN2O5/c23-17-8-15-16(21(28)14-6-2-1-5-13(14)20(15)27)9-18(17)25-19(26)11-30-22(29)12-4-3-7-24-10-12/h1-10H,11H2,(H,25,26). The van der Waals surface area contributed by atoms with Crippen LogP contribution in [0.1, 0.15) is 42.2 Å². The smallest absolute Gasteiger partial charge is 0.340 e. The molecule has 0 aliphatic heterocycles. The Morgan fingerprint density at radius 1 is 0.933 bits per heavy atom. The van der Waals surface area contributed by atoms with E-state index in [4.69, 9.17) is 16.3 Å². The largest absolute Gasteiger partial charge is 0.452 e. The fourth-order valence-electron chi connectivity index (χ4n) is 3.10. The number of carbonyl (C=O) groups is 4. The number of hydrogen-bond acceptors (Lipinski definition) is 6. The molecular weight excluding hydrogens is 408 g/mol. The van der Waals surface area contributed by atoms with E-state index in [9.17, 15) is 19.2 Å². The van der Waals surface area contributed by atoms with Gasteiger partial charge in [-0.1, -0.05) is 35.9 Å². The van der Waals surface area contributed by atoms with Crippen molar-refractivity contribution < 1.29 is 23.9 Å². The van der Waals surface area contributed by atoms with Crippen LogP contribution in [0.3, 0.4) is 0 Å². The Labute approximate surface area is 175 Å². The maximum absolute atomic E-state index is 12.8. The number of carbonyl (C=O) groups excluding carboxylic acids is 4. The molecule has 1 N–H and O–H groups in total. The molecule has 0 saturated heterocycles. The van der Waals surface area contributed by atoms with Crippen LogP contribution >= 0.6 is 11.6 Å². The summed E-state index contributed by atoms with van der Waals surface area (Å²) in [6.07, 6.45) is 2.83. The molecule has 0 bridgehead atoms. The van der Waals surface area contributed by atoms with Crippen LogP contribution in [0.25, 0.3) is 0 Å². The minimum Gasteiger partial charge on any atom is -0.452 e. The lowest BCUT2D eigenvalue weighted by Crippen LogP contribution is -2.23. The summed E-state index contributed by atoms with van der Waals surface area (Å²) in [4.78, 5) is 53.4. The molecule has 1 aromatic heterocycles. The van der Waals surface area contributed by atoms with Crippen LogP contribution in [0.4, 0.5) is 5.69 Å². The van der Waals surface area contributed by atoms with Gasteiger partial charge in [0.15, 0.2) is 18.2 Å². The van der Waals surface area contributed by atoms with E-state index >= 15 is 0 Å². The van der Waals surface area contributed by atoms with Crippen molar-refractivity contribution in [3.63, 3.8) is 0 Å². The van der Waals surface area contributed by atoms with Gasteiger partial charge in [0.05, 0.1) is 16.3 Å². The van der Waals surface area contributed by atoms with Crippen molar-refractivity contribution in [1.82, 2.24) is 4.98 Å². The molecule has 0 fully saturated rings. The average molecular weight is 421 g/mol. The molecule has 8 heteroatoms. The quantitative estimate of drug-likeness (QED) is 0.508. The third-order valence-electron chi connectivity index (χ3n) is 4.52. The maximum atomic E-state index is 12.8. The van der Waals surface area contributed by atoms with Crippen molar-refractivity contribution in [2.24, 2.45) is 0 Å². The second kappa shape index (κ2) is 7.88. The average Bonchev–Trinajstić information content (AvgIpc) is 2.77. The van der Waals surface area contributed by atoms with Crippen molar-refractivity contribution >= 4 is 40.7 Å². The van der Waals surface area contributed by atoms with Gasteiger partial charge in [0.25, 0.3) is 5.91 Å². The lowest BCUT2D eigenvalue weighted by molar-refractivity contribution is -0.119. The molecule has 0 spiro atoms. The first-order valence-corrected chi connectivity index (χ1v) is 9.22. The number of hydrogen-bond donors (Lipinski definition) is 1. The number of ether oxygens (including phenoxy) is 1. The van der Waals surface area contributed by atoms with Crippen LogP contribution in [0.15, 0.2) is 60.9 Å². The minimum atomic E-state index is -0.702. The molecule has 1 aliphatic carbocycles. The highest BCUT2D eigenvalue weighted by Gasteiger charge is 2.30. The van der Waals surface area contributed by atoms with Crippen molar-refractivity contribution in [3.05, 3.63) is 93.8 Å². The van der Waals surface area contributed by atoms with Gasteiger partial charge in [-0.25, -0.2) is 4.79 Å². The number of halogens is 1. The normalized spacial score (nSPS) is 12.0. The number of esters is 1. The van der Waals surface area contributed by atoms with E-state index < -0.39 is 18.5 Å². The topological polar surface area (TPSA) is 102 Å². The van der Waals surface area contributed by atoms with Crippen LogP contribution in [-0.2, 0) is 9.53 Å². The van der Waals surface area contributed by atoms with Crippen molar-refractivity contribution in [1.29, 1.82) is 0 Å². The molecule has 2 aromatic carbocycles. The van der Waals surface area contributed by atoms with Crippen molar-refractivity contribution in [3.8, 4) is 0 Å². The van der Waals surface area contributed by atoms with E-state index in [1.54, 1.807) is 30.3 Å². The first kappa shape index (κ1) is 19.5. The Balaban J connectivity index is 1.52. The Kier molecular flexibility index (Phi) is 5.12. The zero-order chi connectivity index (χ0) is 21.3. The van der Waals surface area contributed by atoms with Crippen LogP contribution in [-0.4, -0.2) is 35.0 Å². The van der Waals surface area contributed by atoms with Gasteiger partial charge in [-0.05, 0) is 24.3 Å². The number of anilines is 1. The zero-order valence-corrected chi connectivity index (χ0v) is 16.1. The number of rotatable bonds is 4. The lowest BCUT2D eigenvalue weighted by atomic mass is 9.84. The van der Waals surface area contributed by atoms with Gasteiger partial charge in [0, 0.05) is 34.6 Å². The van der Waals surface area contributed by atoms with E-state index in [0.29, 0.717) is 11.1 Å². The molecule has 30 heavy (non-hydrogen) atoms. The Morgan fingerprint density at radius 3 is 2.23 bits per heavy atom. The Morgan fingerprint density at radius 2 is 1.60 bits per heavy atom. The molecule has 1 heterocycles. The third-order valence-corrected chi connectivity index (χ3v) is 4.83. The van der Waals surface area contributed by atoms with Crippen LogP contribution < -0.4 is 5.32 Å². The number of ketones is 2. The second-order valence-corrected chi connectivity index (χ2v) is 6.85. The number of benzene rings is 2. The van der Waals surface area contributed by atoms with E-state index in [-0.39, 0.29) is 39.0 Å². The first-order valence-electron chi connectivity index (χ1n) is 8.84. The number of nitrogens with zero attached hydrogens (tertiary/aromatic N) is 1. The fraction of sp³-hybridized carbons (Fsp3) is 0.0455. The summed E-state index contributed by atoms with van der Waals surface area (Å²) in [6.45, 7) is -0.559. The van der Waals surface area contributed by atoms with Crippen LogP contribution in [0.2, 0.25) is 5.02 Å². The number of amides is 1. The van der Waals surface area contributed by atoms with Gasteiger partial charge in [0.2, 0.25) is 0 Å². The number of nitrogens with one attached hydrogen (secondary N) is 1. The Bertz CT molecular complexity index is 1210. The molecule has 0 radical (unpaired) electrons. The monoisotopic (exact) mass is 420 g/mol. The molecule has 0 saturated carbocycles. The summed E-state index contributed by atoms with van der Waals surface area (Å²) in [7, 11) is 0. The summed E-state index contributed by atoms with van der Waals surface area (Å²) >= 11 is 6.21. The molecule has 3 aromatic rings. The maximum Gasteiger partial charge on any atom is 0.340 e. The predicted molar refractivity (Wildman–Crippen MR) is 108 cm³/mol. The van der Waals surface area contributed by atoms with E-state index in [2.05, 4.69) is 10.3 Å². The van der Waals surface area contributed by atoms with Gasteiger partial charge < -0.3 is 10.1 Å². The summed E-state index contributed by atoms with van der Waals surface area (Å²) in [5.74, 6) is -2.00. The van der Waals surface area contributed by atoms with Gasteiger partial charge >= 0.3 is 5.97 Å². The SMILES string of the molecule is O=C(COC(=O)c1cccnc1)Nc1cc2c(cc1Cl)C(=O)c1ccccc1C2=O. The van der Waals surface area contributed by atoms with E-state index in [0.717, 1.165) is 0 Å². The summed E-state index contributed by atoms with van der Waals surface area (Å²) in [5, 5.41) is 2.58. The summed E-state index contributed by atoms with van der Waals surface area (Å²) < 4.78 is 4.94. The molecule has 7 nitrogen and oxygen atoms in total. The second-order valence-electron chi connectivity index (χ2n) is 6.45. The molecule has 0 unspecified atom stereocenters. The highest BCUT2D eigenvalue weighted by Crippen LogP contribution is 2.33. The van der Waals surface area contributed by atoms with E-state index in [1.807, 2.05) is 0 Å². The molecule has 0 atom stereocenters. The van der Waals surface area contributed by atoms with Gasteiger partial charge in [0.1, 0.15) is 0 Å². The van der Waals surface area contributed by atoms with Gasteiger partial charge in [-0.3, -0.25) is 19.4 Å². The fourth-order valence-corrected chi connectivity index (χ4v) is 3.31. The van der Waals surface area contributed by atoms with Gasteiger partial charge in [-0.2, -0.15) is 0 Å². The summed E-state index contributed by atoms with van der Waals surface area (Å²) in [6, 6.07) is 12.3. The third kappa shape index (κ3) is 3.58. The van der Waals surface area contributed by atoms with E-state index in [1.165, 1.54) is 30.6 Å². The van der Waals surface area contributed by atoms with Crippen LogP contribution in [0.5, 0.6) is 0 Å². The molecule has 148 valence electrons. The number of fused-ring (bicyclic) bond motifs is 2. The van der Waals surface area contributed by atoms with Crippen molar-refractivity contribution in [2.75, 3.05) is 11.9 Å². The molecular formula is C22H13ClN2O5.